The predicted molar refractivity (Wildman–Crippen MR) is 55.9 cm³/mol. The Labute approximate surface area is 83.1 Å². The van der Waals surface area contributed by atoms with Crippen LogP contribution in [0, 0.1) is 6.07 Å². The lowest BCUT2D eigenvalue weighted by molar-refractivity contribution is 0.602. The van der Waals surface area contributed by atoms with Gasteiger partial charge in [-0.25, -0.2) is 8.42 Å². The molecule has 0 heterocycles. The monoisotopic (exact) mass is 205 g/mol. The fourth-order valence-corrected chi connectivity index (χ4v) is 2.37. The molecule has 0 aliphatic rings. The zero-order chi connectivity index (χ0) is 10.2. The SMILES string of the molecule is CS(=O)(=O)c1cccc2c[c]ccc12. The van der Waals surface area contributed by atoms with Crippen molar-refractivity contribution in [3.8, 4) is 0 Å². The fraction of sp³-hybridized carbons (Fsp3) is 0.0909. The summed E-state index contributed by atoms with van der Waals surface area (Å²) in [4.78, 5) is 0.379. The van der Waals surface area contributed by atoms with Crippen LogP contribution in [-0.2, 0) is 9.84 Å². The zero-order valence-electron chi connectivity index (χ0n) is 7.69. The third kappa shape index (κ3) is 1.51. The van der Waals surface area contributed by atoms with Crippen molar-refractivity contribution in [2.75, 3.05) is 6.26 Å². The zero-order valence-corrected chi connectivity index (χ0v) is 8.51. The summed E-state index contributed by atoms with van der Waals surface area (Å²) in [5.41, 5.74) is 0. The molecule has 2 rings (SSSR count). The maximum Gasteiger partial charge on any atom is 0.176 e. The number of sulfone groups is 1. The smallest absolute Gasteiger partial charge is 0.176 e. The first-order valence-corrected chi connectivity index (χ1v) is 6.07. The van der Waals surface area contributed by atoms with Crippen LogP contribution < -0.4 is 0 Å². The molecule has 0 saturated heterocycles. The van der Waals surface area contributed by atoms with Crippen LogP contribution in [0.25, 0.3) is 10.8 Å². The van der Waals surface area contributed by atoms with E-state index in [0.717, 1.165) is 10.8 Å². The topological polar surface area (TPSA) is 34.1 Å². The van der Waals surface area contributed by atoms with Crippen molar-refractivity contribution in [1.29, 1.82) is 0 Å². The highest BCUT2D eigenvalue weighted by atomic mass is 32.2. The van der Waals surface area contributed by atoms with E-state index in [1.54, 1.807) is 30.3 Å². The maximum absolute atomic E-state index is 11.4. The molecule has 3 heteroatoms. The normalized spacial score (nSPS) is 11.8. The average molecular weight is 205 g/mol. The highest BCUT2D eigenvalue weighted by molar-refractivity contribution is 7.91. The molecule has 0 N–H and O–H groups in total. The molecule has 0 aromatic heterocycles. The fourth-order valence-electron chi connectivity index (χ4n) is 1.46. The third-order valence-corrected chi connectivity index (χ3v) is 3.24. The summed E-state index contributed by atoms with van der Waals surface area (Å²) in [6, 6.07) is 13.4. The van der Waals surface area contributed by atoms with Crippen molar-refractivity contribution in [3.63, 3.8) is 0 Å². The average Bonchev–Trinajstić information content (AvgIpc) is 2.15. The molecule has 2 nitrogen and oxygen atoms in total. The van der Waals surface area contributed by atoms with Gasteiger partial charge in [-0.05, 0) is 23.6 Å². The number of hydrogen-bond acceptors (Lipinski definition) is 2. The van der Waals surface area contributed by atoms with Gasteiger partial charge in [0.2, 0.25) is 0 Å². The molecule has 0 saturated carbocycles. The van der Waals surface area contributed by atoms with E-state index >= 15 is 0 Å². The van der Waals surface area contributed by atoms with E-state index in [0.29, 0.717) is 4.90 Å². The Balaban J connectivity index is 2.92. The predicted octanol–water partition coefficient (Wildman–Crippen LogP) is 2.04. The lowest BCUT2D eigenvalue weighted by atomic mass is 10.1. The highest BCUT2D eigenvalue weighted by Crippen LogP contribution is 2.21. The van der Waals surface area contributed by atoms with Gasteiger partial charge in [-0.1, -0.05) is 24.3 Å². The second-order valence-electron chi connectivity index (χ2n) is 3.18. The Hall–Kier alpha value is -1.35. The molecule has 0 aliphatic heterocycles. The Morgan fingerprint density at radius 3 is 2.71 bits per heavy atom. The summed E-state index contributed by atoms with van der Waals surface area (Å²) in [6.07, 6.45) is 1.22. The van der Waals surface area contributed by atoms with Crippen molar-refractivity contribution in [1.82, 2.24) is 0 Å². The second-order valence-corrected chi connectivity index (χ2v) is 5.16. The molecule has 0 fully saturated rings. The molecule has 14 heavy (non-hydrogen) atoms. The molecule has 1 radical (unpaired) electrons. The van der Waals surface area contributed by atoms with Crippen LogP contribution in [0.3, 0.4) is 0 Å². The van der Waals surface area contributed by atoms with E-state index in [9.17, 15) is 8.42 Å². The van der Waals surface area contributed by atoms with Gasteiger partial charge in [0.1, 0.15) is 0 Å². The number of hydrogen-bond donors (Lipinski definition) is 0. The molecule has 2 aromatic rings. The molecule has 0 spiro atoms. The number of rotatable bonds is 1. The summed E-state index contributed by atoms with van der Waals surface area (Å²) in [5.74, 6) is 0. The van der Waals surface area contributed by atoms with Gasteiger partial charge in [-0.2, -0.15) is 0 Å². The first kappa shape index (κ1) is 9.21. The lowest BCUT2D eigenvalue weighted by Crippen LogP contribution is -1.97. The molecule has 0 bridgehead atoms. The van der Waals surface area contributed by atoms with Crippen LogP contribution in [0.15, 0.2) is 41.3 Å². The van der Waals surface area contributed by atoms with E-state index in [2.05, 4.69) is 6.07 Å². The minimum atomic E-state index is -3.14. The Bertz CT molecular complexity index is 565. The molecular formula is C11H9O2S. The van der Waals surface area contributed by atoms with Crippen LogP contribution in [0.4, 0.5) is 0 Å². The summed E-state index contributed by atoms with van der Waals surface area (Å²) >= 11 is 0. The van der Waals surface area contributed by atoms with Crippen molar-refractivity contribution >= 4 is 20.6 Å². The summed E-state index contributed by atoms with van der Waals surface area (Å²) in [7, 11) is -3.14. The number of benzene rings is 2. The second kappa shape index (κ2) is 3.10. The summed E-state index contributed by atoms with van der Waals surface area (Å²) in [5, 5.41) is 1.66. The van der Waals surface area contributed by atoms with E-state index in [1.807, 2.05) is 6.07 Å². The van der Waals surface area contributed by atoms with Gasteiger partial charge in [-0.15, -0.1) is 0 Å². The van der Waals surface area contributed by atoms with E-state index in [4.69, 9.17) is 0 Å². The van der Waals surface area contributed by atoms with Crippen LogP contribution >= 0.6 is 0 Å². The van der Waals surface area contributed by atoms with Crippen LogP contribution in [0.1, 0.15) is 0 Å². The van der Waals surface area contributed by atoms with Crippen molar-refractivity contribution in [2.45, 2.75) is 4.90 Å². The Morgan fingerprint density at radius 2 is 2.00 bits per heavy atom. The maximum atomic E-state index is 11.4. The Kier molecular flexibility index (Phi) is 2.04. The van der Waals surface area contributed by atoms with Crippen LogP contribution in [-0.4, -0.2) is 14.7 Å². The van der Waals surface area contributed by atoms with Gasteiger partial charge in [0.15, 0.2) is 9.84 Å². The van der Waals surface area contributed by atoms with E-state index in [-0.39, 0.29) is 0 Å². The first-order valence-electron chi connectivity index (χ1n) is 4.18. The quantitative estimate of drug-likeness (QED) is 0.714. The summed E-state index contributed by atoms with van der Waals surface area (Å²) < 4.78 is 22.9. The third-order valence-electron chi connectivity index (χ3n) is 2.08. The van der Waals surface area contributed by atoms with Crippen LogP contribution in [0.5, 0.6) is 0 Å². The minimum Gasteiger partial charge on any atom is -0.224 e. The van der Waals surface area contributed by atoms with E-state index in [1.165, 1.54) is 6.26 Å². The molecule has 0 aliphatic carbocycles. The summed E-state index contributed by atoms with van der Waals surface area (Å²) in [6.45, 7) is 0. The molecule has 0 amide bonds. The van der Waals surface area contributed by atoms with Gasteiger partial charge < -0.3 is 0 Å². The number of fused-ring (bicyclic) bond motifs is 1. The largest absolute Gasteiger partial charge is 0.224 e. The molecule has 0 unspecified atom stereocenters. The van der Waals surface area contributed by atoms with Crippen molar-refractivity contribution in [3.05, 3.63) is 42.5 Å². The lowest BCUT2D eigenvalue weighted by Gasteiger charge is -2.03. The van der Waals surface area contributed by atoms with Gasteiger partial charge in [-0.3, -0.25) is 0 Å². The molecule has 0 atom stereocenters. The van der Waals surface area contributed by atoms with Gasteiger partial charge in [0, 0.05) is 11.6 Å². The molecule has 71 valence electrons. The van der Waals surface area contributed by atoms with E-state index < -0.39 is 9.84 Å². The van der Waals surface area contributed by atoms with Crippen LogP contribution in [0.2, 0.25) is 0 Å². The standard InChI is InChI=1S/C11H9O2S/c1-14(12,13)11-8-4-6-9-5-2-3-7-10(9)11/h3-8H,1H3. The van der Waals surface area contributed by atoms with Gasteiger partial charge >= 0.3 is 0 Å². The van der Waals surface area contributed by atoms with Gasteiger partial charge in [0.05, 0.1) is 4.90 Å². The minimum absolute atomic E-state index is 0.379. The van der Waals surface area contributed by atoms with Gasteiger partial charge in [0.25, 0.3) is 0 Å². The molecular weight excluding hydrogens is 196 g/mol. The van der Waals surface area contributed by atoms with Crippen molar-refractivity contribution < 1.29 is 8.42 Å². The highest BCUT2D eigenvalue weighted by Gasteiger charge is 2.09. The Morgan fingerprint density at radius 1 is 1.21 bits per heavy atom. The first-order chi connectivity index (χ1) is 6.59. The molecule has 2 aromatic carbocycles. The van der Waals surface area contributed by atoms with Crippen molar-refractivity contribution in [2.24, 2.45) is 0 Å².